The van der Waals surface area contributed by atoms with E-state index in [-0.39, 0.29) is 0 Å². The largest absolute Gasteiger partial charge is 0.383 e. The van der Waals surface area contributed by atoms with Crippen molar-refractivity contribution < 1.29 is 4.74 Å². The van der Waals surface area contributed by atoms with E-state index in [1.165, 1.54) is 27.6 Å². The third-order valence-electron chi connectivity index (χ3n) is 4.25. The highest BCUT2D eigenvalue weighted by molar-refractivity contribution is 7.11. The number of hydrogen-bond acceptors (Lipinski definition) is 5. The van der Waals surface area contributed by atoms with Crippen LogP contribution in [0.25, 0.3) is 0 Å². The second-order valence-electron chi connectivity index (χ2n) is 6.44. The average molecular weight is 334 g/mol. The van der Waals surface area contributed by atoms with Crippen LogP contribution in [0.4, 0.5) is 0 Å². The van der Waals surface area contributed by atoms with E-state index < -0.39 is 0 Å². The summed E-state index contributed by atoms with van der Waals surface area (Å²) in [5, 5.41) is 9.67. The summed E-state index contributed by atoms with van der Waals surface area (Å²) in [5.41, 5.74) is 2.61. The number of aromatic nitrogens is 3. The second-order valence-corrected chi connectivity index (χ2v) is 7.59. The van der Waals surface area contributed by atoms with E-state index in [9.17, 15) is 0 Å². The zero-order valence-corrected chi connectivity index (χ0v) is 15.0. The molecule has 0 saturated heterocycles. The van der Waals surface area contributed by atoms with Gasteiger partial charge in [-0.1, -0.05) is 13.8 Å². The molecule has 0 radical (unpaired) electrons. The fraction of sp³-hybridized carbons (Fsp3) is 0.647. The molecule has 1 N–H and O–H groups in total. The van der Waals surface area contributed by atoms with Crippen molar-refractivity contribution in [3.05, 3.63) is 33.5 Å². The summed E-state index contributed by atoms with van der Waals surface area (Å²) >= 11 is 1.81. The van der Waals surface area contributed by atoms with Gasteiger partial charge in [0.1, 0.15) is 0 Å². The lowest BCUT2D eigenvalue weighted by atomic mass is 9.94. The van der Waals surface area contributed by atoms with Crippen molar-refractivity contribution in [3.8, 4) is 0 Å². The lowest BCUT2D eigenvalue weighted by molar-refractivity contribution is 0.183. The van der Waals surface area contributed by atoms with Gasteiger partial charge in [0.05, 0.1) is 29.9 Å². The van der Waals surface area contributed by atoms with Gasteiger partial charge in [-0.15, -0.1) is 11.3 Å². The Kier molecular flexibility index (Phi) is 5.46. The Hall–Kier alpha value is -1.24. The maximum absolute atomic E-state index is 5.15. The fourth-order valence-corrected chi connectivity index (χ4v) is 3.86. The van der Waals surface area contributed by atoms with Crippen LogP contribution in [-0.2, 0) is 24.2 Å². The first-order valence-electron chi connectivity index (χ1n) is 8.40. The van der Waals surface area contributed by atoms with Crippen LogP contribution < -0.4 is 5.32 Å². The second kappa shape index (κ2) is 7.55. The molecule has 2 heterocycles. The van der Waals surface area contributed by atoms with Crippen LogP contribution in [0.15, 0.2) is 12.4 Å². The minimum absolute atomic E-state index is 0.354. The van der Waals surface area contributed by atoms with Crippen molar-refractivity contribution in [2.24, 2.45) is 0 Å². The molecule has 0 spiro atoms. The Morgan fingerprint density at radius 2 is 2.35 bits per heavy atom. The number of ether oxygens (including phenoxy) is 1. The van der Waals surface area contributed by atoms with Crippen LogP contribution in [0, 0.1) is 0 Å². The van der Waals surface area contributed by atoms with Crippen LogP contribution in [-0.4, -0.2) is 28.5 Å². The number of methoxy groups -OCH3 is 1. The summed E-state index contributed by atoms with van der Waals surface area (Å²) in [5.74, 6) is 0.506. The zero-order chi connectivity index (χ0) is 16.2. The number of nitrogens with zero attached hydrogens (tertiary/aromatic N) is 3. The van der Waals surface area contributed by atoms with E-state index >= 15 is 0 Å². The molecule has 0 bridgehead atoms. The van der Waals surface area contributed by atoms with Crippen LogP contribution in [0.5, 0.6) is 0 Å². The molecule has 2 aromatic heterocycles. The molecule has 1 aliphatic rings. The first-order chi connectivity index (χ1) is 11.2. The van der Waals surface area contributed by atoms with Gasteiger partial charge in [0, 0.05) is 36.8 Å². The lowest BCUT2D eigenvalue weighted by Gasteiger charge is -2.21. The van der Waals surface area contributed by atoms with E-state index in [0.29, 0.717) is 18.6 Å². The molecule has 0 aromatic carbocycles. The van der Waals surface area contributed by atoms with Crippen molar-refractivity contribution in [2.75, 3.05) is 13.7 Å². The van der Waals surface area contributed by atoms with E-state index in [4.69, 9.17) is 9.84 Å². The summed E-state index contributed by atoms with van der Waals surface area (Å²) in [4.78, 5) is 5.81. The smallest absolute Gasteiger partial charge is 0.0953 e. The van der Waals surface area contributed by atoms with Crippen LogP contribution in [0.2, 0.25) is 0 Å². The topological polar surface area (TPSA) is 52.0 Å². The SMILES string of the molecule is COCCn1cc2c(n1)[C@H](NCc1cnc(C(C)C)s1)CCC2. The van der Waals surface area contributed by atoms with Gasteiger partial charge in [-0.3, -0.25) is 4.68 Å². The molecule has 126 valence electrons. The first kappa shape index (κ1) is 16.6. The van der Waals surface area contributed by atoms with Crippen LogP contribution in [0.1, 0.15) is 59.8 Å². The normalized spacial score (nSPS) is 17.7. The number of nitrogens with one attached hydrogen (secondary N) is 1. The molecule has 0 saturated carbocycles. The molecule has 0 fully saturated rings. The maximum Gasteiger partial charge on any atom is 0.0953 e. The molecule has 0 amide bonds. The number of fused-ring (bicyclic) bond motifs is 1. The summed E-state index contributed by atoms with van der Waals surface area (Å²) in [6.45, 7) is 6.78. The molecule has 2 aromatic rings. The summed E-state index contributed by atoms with van der Waals surface area (Å²) in [6.07, 6.45) is 7.71. The summed E-state index contributed by atoms with van der Waals surface area (Å²) in [6, 6.07) is 0.354. The molecular formula is C17H26N4OS. The molecule has 0 aliphatic heterocycles. The fourth-order valence-electron chi connectivity index (χ4n) is 2.99. The third-order valence-corrected chi connectivity index (χ3v) is 5.55. The average Bonchev–Trinajstić information content (AvgIpc) is 3.17. The van der Waals surface area contributed by atoms with E-state index in [2.05, 4.69) is 30.3 Å². The quantitative estimate of drug-likeness (QED) is 0.844. The van der Waals surface area contributed by atoms with Gasteiger partial charge in [-0.05, 0) is 24.8 Å². The Labute approximate surface area is 142 Å². The van der Waals surface area contributed by atoms with Gasteiger partial charge >= 0.3 is 0 Å². The van der Waals surface area contributed by atoms with Gasteiger partial charge in [0.2, 0.25) is 0 Å². The molecule has 1 atom stereocenters. The monoisotopic (exact) mass is 334 g/mol. The van der Waals surface area contributed by atoms with E-state index in [1.54, 1.807) is 7.11 Å². The van der Waals surface area contributed by atoms with Crippen LogP contribution >= 0.6 is 11.3 Å². The highest BCUT2D eigenvalue weighted by Gasteiger charge is 2.23. The Morgan fingerprint density at radius 3 is 3.09 bits per heavy atom. The van der Waals surface area contributed by atoms with Gasteiger partial charge in [-0.2, -0.15) is 5.10 Å². The van der Waals surface area contributed by atoms with Crippen molar-refractivity contribution in [1.29, 1.82) is 0 Å². The summed E-state index contributed by atoms with van der Waals surface area (Å²) in [7, 11) is 1.73. The van der Waals surface area contributed by atoms with Gasteiger partial charge in [0.25, 0.3) is 0 Å². The number of aryl methyl sites for hydroxylation is 1. The lowest BCUT2D eigenvalue weighted by Crippen LogP contribution is -2.24. The van der Waals surface area contributed by atoms with Crippen LogP contribution in [0.3, 0.4) is 0 Å². The Balaban J connectivity index is 1.64. The minimum atomic E-state index is 0.354. The Morgan fingerprint density at radius 1 is 1.48 bits per heavy atom. The van der Waals surface area contributed by atoms with E-state index in [1.807, 2.05) is 22.2 Å². The number of rotatable bonds is 7. The Bertz CT molecular complexity index is 634. The maximum atomic E-state index is 5.15. The third kappa shape index (κ3) is 4.00. The molecule has 5 nitrogen and oxygen atoms in total. The first-order valence-corrected chi connectivity index (χ1v) is 9.22. The molecule has 1 aliphatic carbocycles. The summed E-state index contributed by atoms with van der Waals surface area (Å²) < 4.78 is 7.18. The van der Waals surface area contributed by atoms with Gasteiger partial charge < -0.3 is 10.1 Å². The standard InChI is InChI=1S/C17H26N4OS/c1-12(2)17-19-10-14(23-17)9-18-15-6-4-5-13-11-21(7-8-22-3)20-16(13)15/h10-12,15,18H,4-9H2,1-3H3/t15-/m1/s1. The molecule has 0 unspecified atom stereocenters. The predicted octanol–water partition coefficient (Wildman–Crippen LogP) is 3.28. The molecule has 23 heavy (non-hydrogen) atoms. The predicted molar refractivity (Wildman–Crippen MR) is 92.8 cm³/mol. The van der Waals surface area contributed by atoms with E-state index in [0.717, 1.165) is 25.9 Å². The molecule has 3 rings (SSSR count). The van der Waals surface area contributed by atoms with Gasteiger partial charge in [0.15, 0.2) is 0 Å². The van der Waals surface area contributed by atoms with Gasteiger partial charge in [-0.25, -0.2) is 4.98 Å². The highest BCUT2D eigenvalue weighted by atomic mass is 32.1. The van der Waals surface area contributed by atoms with Crippen molar-refractivity contribution in [1.82, 2.24) is 20.1 Å². The zero-order valence-electron chi connectivity index (χ0n) is 14.2. The highest BCUT2D eigenvalue weighted by Crippen LogP contribution is 2.29. The number of hydrogen-bond donors (Lipinski definition) is 1. The number of thiazole rings is 1. The van der Waals surface area contributed by atoms with Crippen molar-refractivity contribution >= 4 is 11.3 Å². The van der Waals surface area contributed by atoms with Crippen molar-refractivity contribution in [3.63, 3.8) is 0 Å². The molecular weight excluding hydrogens is 308 g/mol. The van der Waals surface area contributed by atoms with Crippen molar-refractivity contribution in [2.45, 2.75) is 58.2 Å². The molecule has 6 heteroatoms. The minimum Gasteiger partial charge on any atom is -0.383 e.